The molecule has 1 fully saturated rings. The largest absolute Gasteiger partial charge is 0.481 e. The lowest BCUT2D eigenvalue weighted by atomic mass is 10.0. The maximum Gasteiger partial charge on any atom is 0.308 e. The third kappa shape index (κ3) is 6.59. The molecule has 1 aliphatic carbocycles. The first-order valence-corrected chi connectivity index (χ1v) is 8.79. The second-order valence-electron chi connectivity index (χ2n) is 6.28. The van der Waals surface area contributed by atoms with Gasteiger partial charge in [0.25, 0.3) is 0 Å². The highest BCUT2D eigenvalue weighted by Gasteiger charge is 2.33. The van der Waals surface area contributed by atoms with E-state index in [1.165, 1.54) is 0 Å². The molecule has 0 aromatic heterocycles. The minimum Gasteiger partial charge on any atom is -0.481 e. The van der Waals surface area contributed by atoms with Crippen molar-refractivity contribution in [3.05, 3.63) is 0 Å². The van der Waals surface area contributed by atoms with Gasteiger partial charge in [-0.25, -0.2) is 0 Å². The molecule has 0 unspecified atom stereocenters. The molecule has 1 saturated carbocycles. The lowest BCUT2D eigenvalue weighted by Gasteiger charge is -2.21. The topological polar surface area (TPSA) is 86.7 Å². The summed E-state index contributed by atoms with van der Waals surface area (Å²) < 4.78 is 0. The molecule has 1 aliphatic rings. The number of hydrogen-bond donors (Lipinski definition) is 2. The highest BCUT2D eigenvalue weighted by Crippen LogP contribution is 2.25. The van der Waals surface area contributed by atoms with Crippen molar-refractivity contribution in [1.29, 1.82) is 0 Å². The third-order valence-electron chi connectivity index (χ3n) is 4.31. The Bertz CT molecular complexity index is 405. The van der Waals surface area contributed by atoms with Crippen molar-refractivity contribution in [2.75, 3.05) is 13.1 Å². The van der Waals surface area contributed by atoms with Crippen LogP contribution in [0.2, 0.25) is 0 Å². The Morgan fingerprint density at radius 3 is 2.30 bits per heavy atom. The Kier molecular flexibility index (Phi) is 8.66. The molecule has 6 nitrogen and oxygen atoms in total. The number of amides is 2. The molecule has 0 aromatic carbocycles. The molecule has 0 aliphatic heterocycles. The maximum absolute atomic E-state index is 12.1. The zero-order chi connectivity index (χ0) is 17.2. The maximum atomic E-state index is 12.1. The molecular formula is C17H30N2O4. The molecule has 6 heteroatoms. The molecule has 0 heterocycles. The number of carbonyl (C=O) groups is 3. The first-order chi connectivity index (χ1) is 11.0. The first kappa shape index (κ1) is 19.5. The molecule has 0 spiro atoms. The van der Waals surface area contributed by atoms with Gasteiger partial charge in [-0.3, -0.25) is 14.4 Å². The van der Waals surface area contributed by atoms with E-state index in [0.717, 1.165) is 38.8 Å². The lowest BCUT2D eigenvalue weighted by molar-refractivity contribution is -0.142. The van der Waals surface area contributed by atoms with Gasteiger partial charge in [0, 0.05) is 32.0 Å². The van der Waals surface area contributed by atoms with Crippen molar-refractivity contribution in [3.8, 4) is 0 Å². The van der Waals surface area contributed by atoms with E-state index in [9.17, 15) is 14.4 Å². The normalized spacial score (nSPS) is 20.3. The monoisotopic (exact) mass is 326 g/mol. The van der Waals surface area contributed by atoms with Crippen molar-refractivity contribution in [2.45, 2.75) is 71.3 Å². The van der Waals surface area contributed by atoms with Gasteiger partial charge in [-0.15, -0.1) is 0 Å². The fourth-order valence-corrected chi connectivity index (χ4v) is 3.17. The molecule has 1 rings (SSSR count). The molecule has 2 atom stereocenters. The van der Waals surface area contributed by atoms with Crippen LogP contribution in [-0.4, -0.2) is 46.9 Å². The fourth-order valence-electron chi connectivity index (χ4n) is 3.17. The van der Waals surface area contributed by atoms with Crippen LogP contribution in [0.5, 0.6) is 0 Å². The number of carboxylic acid groups (broad SMARTS) is 1. The van der Waals surface area contributed by atoms with Crippen LogP contribution < -0.4 is 5.32 Å². The Morgan fingerprint density at radius 1 is 1.09 bits per heavy atom. The van der Waals surface area contributed by atoms with Gasteiger partial charge in [0.15, 0.2) is 0 Å². The van der Waals surface area contributed by atoms with E-state index in [2.05, 4.69) is 5.32 Å². The lowest BCUT2D eigenvalue weighted by Crippen LogP contribution is -2.40. The molecule has 0 radical (unpaired) electrons. The minimum absolute atomic E-state index is 0.103. The third-order valence-corrected chi connectivity index (χ3v) is 4.31. The summed E-state index contributed by atoms with van der Waals surface area (Å²) in [4.78, 5) is 37.0. The highest BCUT2D eigenvalue weighted by molar-refractivity contribution is 5.80. The van der Waals surface area contributed by atoms with Crippen molar-refractivity contribution in [1.82, 2.24) is 10.2 Å². The fraction of sp³-hybridized carbons (Fsp3) is 0.824. The number of nitrogens with zero attached hydrogens (tertiary/aromatic N) is 1. The summed E-state index contributed by atoms with van der Waals surface area (Å²) in [7, 11) is 0. The van der Waals surface area contributed by atoms with Crippen molar-refractivity contribution < 1.29 is 19.5 Å². The van der Waals surface area contributed by atoms with E-state index in [0.29, 0.717) is 19.3 Å². The van der Waals surface area contributed by atoms with Gasteiger partial charge in [-0.1, -0.05) is 20.3 Å². The zero-order valence-electron chi connectivity index (χ0n) is 14.3. The first-order valence-electron chi connectivity index (χ1n) is 8.79. The number of aliphatic carboxylic acids is 1. The van der Waals surface area contributed by atoms with Crippen LogP contribution >= 0.6 is 0 Å². The van der Waals surface area contributed by atoms with Crippen molar-refractivity contribution in [2.24, 2.45) is 5.92 Å². The van der Waals surface area contributed by atoms with Gasteiger partial charge in [0.05, 0.1) is 5.92 Å². The summed E-state index contributed by atoms with van der Waals surface area (Å²) in [6.07, 6.45) is 5.22. The standard InChI is InChI=1S/C17H30N2O4/c1-3-11-19(12-4-2)16(21)10-6-9-15(20)18-14-8-5-7-13(14)17(22)23/h13-14H,3-12H2,1-2H3,(H,18,20)(H,22,23)/t13-,14+/m0/s1. The van der Waals surface area contributed by atoms with Gasteiger partial charge < -0.3 is 15.3 Å². The Hall–Kier alpha value is -1.59. The van der Waals surface area contributed by atoms with E-state index in [-0.39, 0.29) is 24.3 Å². The van der Waals surface area contributed by atoms with E-state index in [1.54, 1.807) is 0 Å². The number of rotatable bonds is 10. The van der Waals surface area contributed by atoms with Crippen LogP contribution in [0.25, 0.3) is 0 Å². The smallest absolute Gasteiger partial charge is 0.308 e. The van der Waals surface area contributed by atoms with Gasteiger partial charge in [0.2, 0.25) is 11.8 Å². The second kappa shape index (κ2) is 10.2. The van der Waals surface area contributed by atoms with Gasteiger partial charge in [-0.05, 0) is 32.1 Å². The van der Waals surface area contributed by atoms with Gasteiger partial charge >= 0.3 is 5.97 Å². The molecular weight excluding hydrogens is 296 g/mol. The van der Waals surface area contributed by atoms with Gasteiger partial charge in [0.1, 0.15) is 0 Å². The number of carbonyl (C=O) groups excluding carboxylic acids is 2. The summed E-state index contributed by atoms with van der Waals surface area (Å²) in [6.45, 7) is 5.62. The predicted molar refractivity (Wildman–Crippen MR) is 87.9 cm³/mol. The molecule has 2 N–H and O–H groups in total. The molecule has 23 heavy (non-hydrogen) atoms. The molecule has 0 aromatic rings. The van der Waals surface area contributed by atoms with Gasteiger partial charge in [-0.2, -0.15) is 0 Å². The second-order valence-corrected chi connectivity index (χ2v) is 6.28. The SMILES string of the molecule is CCCN(CCC)C(=O)CCCC(=O)N[C@@H]1CCC[C@@H]1C(=O)O. The Morgan fingerprint density at radius 2 is 1.74 bits per heavy atom. The number of nitrogens with one attached hydrogen (secondary N) is 1. The molecule has 2 amide bonds. The van der Waals surface area contributed by atoms with Crippen LogP contribution in [-0.2, 0) is 14.4 Å². The van der Waals surface area contributed by atoms with Crippen LogP contribution in [0.15, 0.2) is 0 Å². The summed E-state index contributed by atoms with van der Waals surface area (Å²) in [6, 6.07) is -0.257. The summed E-state index contributed by atoms with van der Waals surface area (Å²) in [5, 5.41) is 11.9. The summed E-state index contributed by atoms with van der Waals surface area (Å²) >= 11 is 0. The highest BCUT2D eigenvalue weighted by atomic mass is 16.4. The van der Waals surface area contributed by atoms with Crippen LogP contribution in [0, 0.1) is 5.92 Å². The number of hydrogen-bond acceptors (Lipinski definition) is 3. The zero-order valence-corrected chi connectivity index (χ0v) is 14.3. The molecule has 132 valence electrons. The van der Waals surface area contributed by atoms with E-state index < -0.39 is 11.9 Å². The van der Waals surface area contributed by atoms with E-state index >= 15 is 0 Å². The van der Waals surface area contributed by atoms with Crippen molar-refractivity contribution in [3.63, 3.8) is 0 Å². The average molecular weight is 326 g/mol. The van der Waals surface area contributed by atoms with Crippen LogP contribution in [0.1, 0.15) is 65.2 Å². The minimum atomic E-state index is -0.835. The van der Waals surface area contributed by atoms with Crippen LogP contribution in [0.3, 0.4) is 0 Å². The van der Waals surface area contributed by atoms with E-state index in [1.807, 2.05) is 18.7 Å². The van der Waals surface area contributed by atoms with Crippen LogP contribution in [0.4, 0.5) is 0 Å². The summed E-state index contributed by atoms with van der Waals surface area (Å²) in [5.74, 6) is -1.35. The van der Waals surface area contributed by atoms with E-state index in [4.69, 9.17) is 5.11 Å². The molecule has 0 saturated heterocycles. The summed E-state index contributed by atoms with van der Waals surface area (Å²) in [5.41, 5.74) is 0. The Labute approximate surface area is 138 Å². The number of carboxylic acids is 1. The quantitative estimate of drug-likeness (QED) is 0.644. The molecule has 0 bridgehead atoms. The van der Waals surface area contributed by atoms with Crippen molar-refractivity contribution >= 4 is 17.8 Å². The predicted octanol–water partition coefficient (Wildman–Crippen LogP) is 2.17. The Balaban J connectivity index is 2.30. The average Bonchev–Trinajstić information content (AvgIpc) is 2.95.